The van der Waals surface area contributed by atoms with Crippen LogP contribution in [0.15, 0.2) is 53.5 Å². The van der Waals surface area contributed by atoms with Gasteiger partial charge in [-0.25, -0.2) is 4.99 Å². The van der Waals surface area contributed by atoms with Gasteiger partial charge in [-0.1, -0.05) is 24.3 Å². The number of halogens is 3. The first-order chi connectivity index (χ1) is 14.7. The Morgan fingerprint density at radius 3 is 2.35 bits per heavy atom. The number of nitrogens with zero attached hydrogens (tertiary/aromatic N) is 2. The number of hydrogen-bond acceptors (Lipinski definition) is 3. The zero-order valence-corrected chi connectivity index (χ0v) is 17.9. The smallest absolute Gasteiger partial charge is 0.357 e. The Kier molecular flexibility index (Phi) is 8.87. The maximum atomic E-state index is 12.7. The Morgan fingerprint density at radius 2 is 1.74 bits per heavy atom. The van der Waals surface area contributed by atoms with Gasteiger partial charge in [0.2, 0.25) is 5.91 Å². The summed E-state index contributed by atoms with van der Waals surface area (Å²) in [5, 5.41) is 9.07. The molecule has 9 heteroatoms. The van der Waals surface area contributed by atoms with E-state index in [1.165, 1.54) is 12.1 Å². The van der Waals surface area contributed by atoms with E-state index in [-0.39, 0.29) is 5.91 Å². The molecular weight excluding hydrogens is 407 g/mol. The van der Waals surface area contributed by atoms with Crippen molar-refractivity contribution in [2.45, 2.75) is 26.2 Å². The number of anilines is 1. The van der Waals surface area contributed by atoms with Gasteiger partial charge in [-0.05, 0) is 56.4 Å². The van der Waals surface area contributed by atoms with E-state index in [4.69, 9.17) is 0 Å². The molecule has 0 aromatic heterocycles. The van der Waals surface area contributed by atoms with Gasteiger partial charge >= 0.3 is 6.18 Å². The fourth-order valence-corrected chi connectivity index (χ4v) is 2.74. The predicted molar refractivity (Wildman–Crippen MR) is 117 cm³/mol. The van der Waals surface area contributed by atoms with E-state index in [1.54, 1.807) is 4.90 Å². The average molecular weight is 435 g/mol. The third-order valence-electron chi connectivity index (χ3n) is 4.18. The molecule has 0 aliphatic heterocycles. The highest BCUT2D eigenvalue weighted by atomic mass is 19.4. The fourth-order valence-electron chi connectivity index (χ4n) is 2.74. The Balaban J connectivity index is 1.98. The lowest BCUT2D eigenvalue weighted by molar-refractivity contribution is -0.137. The number of carbonyl (C=O) groups is 1. The van der Waals surface area contributed by atoms with Crippen molar-refractivity contribution in [2.75, 3.05) is 32.5 Å². The standard InChI is InChI=1S/C22H28F3N5O/c1-4-26-21(27-13-16-8-10-18(11-9-16)22(23,24)25)28-14-17-6-5-7-19(12-17)29-20(31)15-30(2)3/h5-12H,4,13-15H2,1-3H3,(H,29,31)(H2,26,27,28). The predicted octanol–water partition coefficient (Wildman–Crippen LogP) is 3.46. The number of alkyl halides is 3. The molecule has 31 heavy (non-hydrogen) atoms. The van der Waals surface area contributed by atoms with E-state index in [1.807, 2.05) is 45.3 Å². The molecule has 0 aliphatic carbocycles. The summed E-state index contributed by atoms with van der Waals surface area (Å²) < 4.78 is 38.0. The molecule has 1 amide bonds. The van der Waals surface area contributed by atoms with E-state index >= 15 is 0 Å². The van der Waals surface area contributed by atoms with Crippen LogP contribution in [0.25, 0.3) is 0 Å². The van der Waals surface area contributed by atoms with Crippen molar-refractivity contribution in [3.8, 4) is 0 Å². The molecule has 168 valence electrons. The second-order valence-corrected chi connectivity index (χ2v) is 7.23. The van der Waals surface area contributed by atoms with Crippen molar-refractivity contribution in [2.24, 2.45) is 4.99 Å². The lowest BCUT2D eigenvalue weighted by atomic mass is 10.1. The number of rotatable bonds is 8. The van der Waals surface area contributed by atoms with Crippen LogP contribution >= 0.6 is 0 Å². The monoisotopic (exact) mass is 435 g/mol. The van der Waals surface area contributed by atoms with Crippen LogP contribution in [0.2, 0.25) is 0 Å². The van der Waals surface area contributed by atoms with Crippen LogP contribution in [0.4, 0.5) is 18.9 Å². The molecule has 6 nitrogen and oxygen atoms in total. The second-order valence-electron chi connectivity index (χ2n) is 7.23. The van der Waals surface area contributed by atoms with Gasteiger partial charge in [0.05, 0.1) is 18.7 Å². The summed E-state index contributed by atoms with van der Waals surface area (Å²) in [5.41, 5.74) is 1.65. The first kappa shape index (κ1) is 24.2. The van der Waals surface area contributed by atoms with Gasteiger partial charge in [-0.3, -0.25) is 4.79 Å². The highest BCUT2D eigenvalue weighted by Crippen LogP contribution is 2.29. The van der Waals surface area contributed by atoms with Crippen molar-refractivity contribution in [3.63, 3.8) is 0 Å². The molecule has 0 saturated carbocycles. The fraction of sp³-hybridized carbons (Fsp3) is 0.364. The Hall–Kier alpha value is -3.07. The third kappa shape index (κ3) is 8.67. The molecule has 0 radical (unpaired) electrons. The van der Waals surface area contributed by atoms with E-state index in [0.717, 1.165) is 17.7 Å². The maximum absolute atomic E-state index is 12.7. The third-order valence-corrected chi connectivity index (χ3v) is 4.18. The first-order valence-electron chi connectivity index (χ1n) is 9.89. The second kappa shape index (κ2) is 11.4. The summed E-state index contributed by atoms with van der Waals surface area (Å²) in [4.78, 5) is 18.2. The summed E-state index contributed by atoms with van der Waals surface area (Å²) in [5.74, 6) is 0.446. The number of amides is 1. The number of guanidine groups is 1. The SMILES string of the molecule is CCNC(=NCc1cccc(NC(=O)CN(C)C)c1)NCc1ccc(C(F)(F)F)cc1. The zero-order chi connectivity index (χ0) is 22.9. The van der Waals surface area contributed by atoms with Crippen LogP contribution in [0, 0.1) is 0 Å². The van der Waals surface area contributed by atoms with Crippen molar-refractivity contribution < 1.29 is 18.0 Å². The minimum absolute atomic E-state index is 0.0998. The molecule has 2 rings (SSSR count). The Labute approximate surface area is 180 Å². The minimum atomic E-state index is -4.34. The number of aliphatic imine (C=N–C) groups is 1. The molecule has 2 aromatic carbocycles. The van der Waals surface area contributed by atoms with Gasteiger partial charge in [0, 0.05) is 18.8 Å². The highest BCUT2D eigenvalue weighted by Gasteiger charge is 2.29. The molecule has 0 aliphatic rings. The van der Waals surface area contributed by atoms with Crippen LogP contribution in [0.5, 0.6) is 0 Å². The van der Waals surface area contributed by atoms with Crippen molar-refractivity contribution in [1.82, 2.24) is 15.5 Å². The molecule has 0 saturated heterocycles. The van der Waals surface area contributed by atoms with Crippen molar-refractivity contribution in [3.05, 3.63) is 65.2 Å². The van der Waals surface area contributed by atoms with Gasteiger partial charge in [-0.15, -0.1) is 0 Å². The van der Waals surface area contributed by atoms with Gasteiger partial charge in [0.15, 0.2) is 5.96 Å². The highest BCUT2D eigenvalue weighted by molar-refractivity contribution is 5.92. The van der Waals surface area contributed by atoms with E-state index in [2.05, 4.69) is 20.9 Å². The van der Waals surface area contributed by atoms with Crippen LogP contribution in [-0.2, 0) is 24.1 Å². The number of benzene rings is 2. The summed E-state index contributed by atoms with van der Waals surface area (Å²) in [6.45, 7) is 3.57. The van der Waals surface area contributed by atoms with Crippen LogP contribution in [0.3, 0.4) is 0 Å². The van der Waals surface area contributed by atoms with E-state index in [0.29, 0.717) is 43.4 Å². The van der Waals surface area contributed by atoms with Gasteiger partial charge in [0.1, 0.15) is 0 Å². The van der Waals surface area contributed by atoms with Crippen molar-refractivity contribution >= 4 is 17.6 Å². The molecule has 0 spiro atoms. The Morgan fingerprint density at radius 1 is 1.03 bits per heavy atom. The zero-order valence-electron chi connectivity index (χ0n) is 17.9. The van der Waals surface area contributed by atoms with Gasteiger partial charge < -0.3 is 20.9 Å². The number of likely N-dealkylation sites (N-methyl/N-ethyl adjacent to an activating group) is 1. The molecule has 0 heterocycles. The van der Waals surface area contributed by atoms with Crippen molar-refractivity contribution in [1.29, 1.82) is 0 Å². The Bertz CT molecular complexity index is 879. The number of carbonyl (C=O) groups excluding carboxylic acids is 1. The normalized spacial score (nSPS) is 12.0. The van der Waals surface area contributed by atoms with E-state index in [9.17, 15) is 18.0 Å². The summed E-state index contributed by atoms with van der Waals surface area (Å²) in [6, 6.07) is 12.4. The summed E-state index contributed by atoms with van der Waals surface area (Å²) in [7, 11) is 3.65. The number of hydrogen-bond donors (Lipinski definition) is 3. The topological polar surface area (TPSA) is 68.8 Å². The van der Waals surface area contributed by atoms with Crippen LogP contribution < -0.4 is 16.0 Å². The molecule has 0 atom stereocenters. The molecule has 0 fully saturated rings. The quantitative estimate of drug-likeness (QED) is 0.439. The first-order valence-corrected chi connectivity index (χ1v) is 9.89. The molecule has 3 N–H and O–H groups in total. The lowest BCUT2D eigenvalue weighted by Crippen LogP contribution is -2.36. The summed E-state index contributed by atoms with van der Waals surface area (Å²) in [6.07, 6.45) is -4.34. The minimum Gasteiger partial charge on any atom is -0.357 e. The molecule has 0 unspecified atom stereocenters. The van der Waals surface area contributed by atoms with Gasteiger partial charge in [0.25, 0.3) is 0 Å². The molecule has 0 bridgehead atoms. The van der Waals surface area contributed by atoms with Crippen LogP contribution in [0.1, 0.15) is 23.6 Å². The lowest BCUT2D eigenvalue weighted by Gasteiger charge is -2.13. The number of nitrogens with one attached hydrogen (secondary N) is 3. The average Bonchev–Trinajstić information content (AvgIpc) is 2.69. The maximum Gasteiger partial charge on any atom is 0.416 e. The molecular formula is C22H28F3N5O. The molecule has 2 aromatic rings. The van der Waals surface area contributed by atoms with Gasteiger partial charge in [-0.2, -0.15) is 13.2 Å². The van der Waals surface area contributed by atoms with Crippen LogP contribution in [-0.4, -0.2) is 44.0 Å². The summed E-state index contributed by atoms with van der Waals surface area (Å²) >= 11 is 0. The van der Waals surface area contributed by atoms with E-state index < -0.39 is 11.7 Å². The largest absolute Gasteiger partial charge is 0.416 e.